The Morgan fingerprint density at radius 2 is 1.86 bits per heavy atom. The Morgan fingerprint density at radius 1 is 1.19 bits per heavy atom. The van der Waals surface area contributed by atoms with Crippen LogP contribution in [0, 0.1) is 0 Å². The molecule has 1 heterocycles. The molecule has 0 radical (unpaired) electrons. The lowest BCUT2D eigenvalue weighted by Crippen LogP contribution is -2.45. The fourth-order valence-electron chi connectivity index (χ4n) is 2.47. The highest BCUT2D eigenvalue weighted by molar-refractivity contribution is 5.87. The van der Waals surface area contributed by atoms with Crippen molar-refractivity contribution in [3.8, 4) is 0 Å². The van der Waals surface area contributed by atoms with E-state index >= 15 is 0 Å². The molecule has 1 aliphatic heterocycles. The van der Waals surface area contributed by atoms with E-state index in [1.165, 1.54) is 0 Å². The number of carbonyl (C=O) groups is 2. The van der Waals surface area contributed by atoms with Crippen molar-refractivity contribution in [3.05, 3.63) is 35.9 Å². The van der Waals surface area contributed by atoms with Gasteiger partial charge in [-0.15, -0.1) is 0 Å². The van der Waals surface area contributed by atoms with Gasteiger partial charge in [0.25, 0.3) is 0 Å². The van der Waals surface area contributed by atoms with Gasteiger partial charge in [-0.3, -0.25) is 9.59 Å². The number of likely N-dealkylation sites (tertiary alicyclic amines) is 1. The Labute approximate surface area is 125 Å². The summed E-state index contributed by atoms with van der Waals surface area (Å²) in [6.07, 6.45) is 3.44. The second-order valence-corrected chi connectivity index (χ2v) is 5.44. The maximum absolute atomic E-state index is 11.9. The summed E-state index contributed by atoms with van der Waals surface area (Å²) in [6.45, 7) is 1.65. The Morgan fingerprint density at radius 3 is 2.52 bits per heavy atom. The van der Waals surface area contributed by atoms with E-state index in [1.54, 1.807) is 4.90 Å². The van der Waals surface area contributed by atoms with Crippen LogP contribution in [0.3, 0.4) is 0 Å². The Hall–Kier alpha value is -1.88. The van der Waals surface area contributed by atoms with E-state index in [4.69, 9.17) is 5.73 Å². The maximum Gasteiger partial charge on any atom is 0.241 e. The van der Waals surface area contributed by atoms with Crippen LogP contribution >= 0.6 is 0 Å². The zero-order valence-corrected chi connectivity index (χ0v) is 12.3. The van der Waals surface area contributed by atoms with Crippen LogP contribution in [-0.4, -0.2) is 42.4 Å². The zero-order chi connectivity index (χ0) is 15.1. The first-order chi connectivity index (χ1) is 10.2. The first-order valence-electron chi connectivity index (χ1n) is 7.52. The van der Waals surface area contributed by atoms with E-state index in [-0.39, 0.29) is 18.4 Å². The molecular weight excluding hydrogens is 266 g/mol. The van der Waals surface area contributed by atoms with Gasteiger partial charge in [0.2, 0.25) is 11.8 Å². The first kappa shape index (κ1) is 15.5. The van der Waals surface area contributed by atoms with Crippen LogP contribution in [0.5, 0.6) is 0 Å². The SMILES string of the molecule is NC(CCc1ccccc1)C(=O)NCC(=O)N1CCCC1. The second-order valence-electron chi connectivity index (χ2n) is 5.44. The van der Waals surface area contributed by atoms with Crippen molar-refractivity contribution in [3.63, 3.8) is 0 Å². The molecule has 3 N–H and O–H groups in total. The van der Waals surface area contributed by atoms with Crippen LogP contribution < -0.4 is 11.1 Å². The fraction of sp³-hybridized carbons (Fsp3) is 0.500. The van der Waals surface area contributed by atoms with Crippen molar-refractivity contribution >= 4 is 11.8 Å². The van der Waals surface area contributed by atoms with Gasteiger partial charge in [0.05, 0.1) is 12.6 Å². The van der Waals surface area contributed by atoms with Gasteiger partial charge in [-0.1, -0.05) is 30.3 Å². The molecule has 0 bridgehead atoms. The summed E-state index contributed by atoms with van der Waals surface area (Å²) >= 11 is 0. The highest BCUT2D eigenvalue weighted by Crippen LogP contribution is 2.07. The highest BCUT2D eigenvalue weighted by atomic mass is 16.2. The number of hydrogen-bond acceptors (Lipinski definition) is 3. The number of benzene rings is 1. The quantitative estimate of drug-likeness (QED) is 0.809. The molecule has 1 aromatic rings. The van der Waals surface area contributed by atoms with Gasteiger partial charge in [0, 0.05) is 13.1 Å². The predicted molar refractivity (Wildman–Crippen MR) is 81.6 cm³/mol. The van der Waals surface area contributed by atoms with Crippen LogP contribution in [0.1, 0.15) is 24.8 Å². The lowest BCUT2D eigenvalue weighted by Gasteiger charge is -2.17. The summed E-state index contributed by atoms with van der Waals surface area (Å²) in [4.78, 5) is 25.5. The van der Waals surface area contributed by atoms with Gasteiger partial charge in [-0.25, -0.2) is 0 Å². The molecule has 0 saturated carbocycles. The summed E-state index contributed by atoms with van der Waals surface area (Å²) < 4.78 is 0. The molecule has 1 aromatic carbocycles. The third-order valence-electron chi connectivity index (χ3n) is 3.80. The third kappa shape index (κ3) is 4.86. The molecule has 5 heteroatoms. The van der Waals surface area contributed by atoms with Crippen LogP contribution in [0.15, 0.2) is 30.3 Å². The molecule has 1 fully saturated rings. The normalized spacial score (nSPS) is 15.8. The summed E-state index contributed by atoms with van der Waals surface area (Å²) in [5.41, 5.74) is 7.03. The van der Waals surface area contributed by atoms with E-state index < -0.39 is 6.04 Å². The number of nitrogens with one attached hydrogen (secondary N) is 1. The number of rotatable bonds is 6. The van der Waals surface area contributed by atoms with Crippen LogP contribution in [0.25, 0.3) is 0 Å². The average molecular weight is 289 g/mol. The molecule has 2 rings (SSSR count). The topological polar surface area (TPSA) is 75.4 Å². The van der Waals surface area contributed by atoms with Crippen molar-refractivity contribution in [2.75, 3.05) is 19.6 Å². The maximum atomic E-state index is 11.9. The predicted octanol–water partition coefficient (Wildman–Crippen LogP) is 0.685. The minimum absolute atomic E-state index is 0.0175. The Kier molecular flexibility index (Phi) is 5.75. The summed E-state index contributed by atoms with van der Waals surface area (Å²) in [6, 6.07) is 9.35. The standard InChI is InChI=1S/C16H23N3O2/c17-14(9-8-13-6-2-1-3-7-13)16(21)18-12-15(20)19-10-4-5-11-19/h1-3,6-7,14H,4-5,8-12,17H2,(H,18,21). The second kappa shape index (κ2) is 7.78. The molecule has 114 valence electrons. The van der Waals surface area contributed by atoms with Crippen LogP contribution in [0.4, 0.5) is 0 Å². The fourth-order valence-corrected chi connectivity index (χ4v) is 2.47. The van der Waals surface area contributed by atoms with Gasteiger partial charge in [-0.05, 0) is 31.2 Å². The largest absolute Gasteiger partial charge is 0.346 e. The molecule has 1 aliphatic rings. The number of amides is 2. The van der Waals surface area contributed by atoms with Gasteiger partial charge in [0.1, 0.15) is 0 Å². The molecular formula is C16H23N3O2. The smallest absolute Gasteiger partial charge is 0.241 e. The molecule has 1 unspecified atom stereocenters. The number of hydrogen-bond donors (Lipinski definition) is 2. The number of nitrogens with two attached hydrogens (primary N) is 1. The van der Waals surface area contributed by atoms with Crippen molar-refractivity contribution in [2.24, 2.45) is 5.73 Å². The average Bonchev–Trinajstić information content (AvgIpc) is 3.05. The Balaban J connectivity index is 1.68. The van der Waals surface area contributed by atoms with E-state index in [0.717, 1.165) is 37.9 Å². The molecule has 2 amide bonds. The first-order valence-corrected chi connectivity index (χ1v) is 7.52. The lowest BCUT2D eigenvalue weighted by atomic mass is 10.1. The summed E-state index contributed by atoms with van der Waals surface area (Å²) in [5.74, 6) is -0.269. The molecule has 0 spiro atoms. The van der Waals surface area contributed by atoms with Crippen LogP contribution in [-0.2, 0) is 16.0 Å². The van der Waals surface area contributed by atoms with Gasteiger partial charge in [0.15, 0.2) is 0 Å². The molecule has 0 aromatic heterocycles. The van der Waals surface area contributed by atoms with E-state index in [1.807, 2.05) is 30.3 Å². The lowest BCUT2D eigenvalue weighted by molar-refractivity contribution is -0.132. The van der Waals surface area contributed by atoms with E-state index in [0.29, 0.717) is 6.42 Å². The highest BCUT2D eigenvalue weighted by Gasteiger charge is 2.19. The Bertz CT molecular complexity index is 470. The summed E-state index contributed by atoms with van der Waals surface area (Å²) in [5, 5.41) is 2.64. The summed E-state index contributed by atoms with van der Waals surface area (Å²) in [7, 11) is 0. The molecule has 5 nitrogen and oxygen atoms in total. The molecule has 0 aliphatic carbocycles. The van der Waals surface area contributed by atoms with Crippen molar-refractivity contribution in [1.82, 2.24) is 10.2 Å². The third-order valence-corrected chi connectivity index (χ3v) is 3.80. The molecule has 1 saturated heterocycles. The number of carbonyl (C=O) groups excluding carboxylic acids is 2. The zero-order valence-electron chi connectivity index (χ0n) is 12.3. The van der Waals surface area contributed by atoms with E-state index in [9.17, 15) is 9.59 Å². The van der Waals surface area contributed by atoms with Crippen molar-refractivity contribution < 1.29 is 9.59 Å². The monoisotopic (exact) mass is 289 g/mol. The van der Waals surface area contributed by atoms with Gasteiger partial charge in [-0.2, -0.15) is 0 Å². The minimum Gasteiger partial charge on any atom is -0.346 e. The van der Waals surface area contributed by atoms with Crippen molar-refractivity contribution in [1.29, 1.82) is 0 Å². The van der Waals surface area contributed by atoms with Gasteiger partial charge < -0.3 is 16.0 Å². The number of nitrogens with zero attached hydrogens (tertiary/aromatic N) is 1. The molecule has 21 heavy (non-hydrogen) atoms. The van der Waals surface area contributed by atoms with Crippen molar-refractivity contribution in [2.45, 2.75) is 31.7 Å². The number of aryl methyl sites for hydroxylation is 1. The minimum atomic E-state index is -0.573. The van der Waals surface area contributed by atoms with Gasteiger partial charge >= 0.3 is 0 Å². The van der Waals surface area contributed by atoms with E-state index in [2.05, 4.69) is 5.32 Å². The molecule has 1 atom stereocenters. The van der Waals surface area contributed by atoms with Crippen LogP contribution in [0.2, 0.25) is 0 Å².